The van der Waals surface area contributed by atoms with E-state index in [1.54, 1.807) is 0 Å². The third-order valence-corrected chi connectivity index (χ3v) is 4.75. The predicted molar refractivity (Wildman–Crippen MR) is 83.0 cm³/mol. The number of ether oxygens (including phenoxy) is 1. The molecule has 0 radical (unpaired) electrons. The maximum absolute atomic E-state index is 6.26. The average Bonchev–Trinajstić information content (AvgIpc) is 3.25. The van der Waals surface area contributed by atoms with Crippen molar-refractivity contribution in [3.8, 4) is 0 Å². The fourth-order valence-electron chi connectivity index (χ4n) is 3.19. The van der Waals surface area contributed by atoms with Crippen molar-refractivity contribution >= 4 is 0 Å². The van der Waals surface area contributed by atoms with Gasteiger partial charge in [0.15, 0.2) is 0 Å². The van der Waals surface area contributed by atoms with Crippen molar-refractivity contribution in [2.45, 2.75) is 83.1 Å². The zero-order chi connectivity index (χ0) is 14.2. The molecule has 1 heterocycles. The van der Waals surface area contributed by atoms with E-state index < -0.39 is 0 Å². The Morgan fingerprint density at radius 1 is 0.950 bits per heavy atom. The first-order valence-corrected chi connectivity index (χ1v) is 8.64. The molecular weight excluding hydrogens is 248 g/mol. The van der Waals surface area contributed by atoms with Gasteiger partial charge in [0.05, 0.1) is 12.2 Å². The summed E-state index contributed by atoms with van der Waals surface area (Å²) in [6.45, 7) is 10.2. The first kappa shape index (κ1) is 14.8. The SMILES string of the molecule is CC(C)(C)NCC1CCC(CN(CC2CC2)C2CC2)O1. The molecule has 2 unspecified atom stereocenters. The van der Waals surface area contributed by atoms with Crippen LogP contribution in [0.15, 0.2) is 0 Å². The zero-order valence-electron chi connectivity index (χ0n) is 13.5. The Kier molecular flexibility index (Phi) is 4.40. The molecule has 0 amide bonds. The second kappa shape index (κ2) is 5.94. The van der Waals surface area contributed by atoms with Gasteiger partial charge in [0.1, 0.15) is 0 Å². The molecule has 2 atom stereocenters. The zero-order valence-corrected chi connectivity index (χ0v) is 13.5. The van der Waals surface area contributed by atoms with E-state index in [1.807, 2.05) is 0 Å². The van der Waals surface area contributed by atoms with E-state index >= 15 is 0 Å². The van der Waals surface area contributed by atoms with Crippen LogP contribution in [0.3, 0.4) is 0 Å². The molecule has 3 rings (SSSR count). The van der Waals surface area contributed by atoms with Crippen LogP contribution >= 0.6 is 0 Å². The van der Waals surface area contributed by atoms with Crippen molar-refractivity contribution in [2.75, 3.05) is 19.6 Å². The first-order chi connectivity index (χ1) is 9.49. The summed E-state index contributed by atoms with van der Waals surface area (Å²) >= 11 is 0. The summed E-state index contributed by atoms with van der Waals surface area (Å²) in [6.07, 6.45) is 9.19. The first-order valence-electron chi connectivity index (χ1n) is 8.64. The average molecular weight is 280 g/mol. The number of hydrogen-bond donors (Lipinski definition) is 1. The quantitative estimate of drug-likeness (QED) is 0.776. The molecule has 0 spiro atoms. The lowest BCUT2D eigenvalue weighted by atomic mass is 10.1. The summed E-state index contributed by atoms with van der Waals surface area (Å²) in [5.74, 6) is 1.01. The summed E-state index contributed by atoms with van der Waals surface area (Å²) in [4.78, 5) is 2.74. The molecule has 20 heavy (non-hydrogen) atoms. The van der Waals surface area contributed by atoms with E-state index in [0.29, 0.717) is 12.2 Å². The van der Waals surface area contributed by atoms with Crippen molar-refractivity contribution in [1.29, 1.82) is 0 Å². The molecule has 3 nitrogen and oxygen atoms in total. The molecule has 2 aliphatic carbocycles. The monoisotopic (exact) mass is 280 g/mol. The normalized spacial score (nSPS) is 31.2. The van der Waals surface area contributed by atoms with Gasteiger partial charge >= 0.3 is 0 Å². The lowest BCUT2D eigenvalue weighted by molar-refractivity contribution is 0.0184. The van der Waals surface area contributed by atoms with Gasteiger partial charge in [-0.15, -0.1) is 0 Å². The van der Waals surface area contributed by atoms with Crippen molar-refractivity contribution in [3.63, 3.8) is 0 Å². The van der Waals surface area contributed by atoms with E-state index in [4.69, 9.17) is 4.74 Å². The largest absolute Gasteiger partial charge is 0.372 e. The van der Waals surface area contributed by atoms with Crippen LogP contribution in [-0.4, -0.2) is 48.3 Å². The second-order valence-corrected chi connectivity index (χ2v) is 8.22. The van der Waals surface area contributed by atoms with Crippen molar-refractivity contribution < 1.29 is 4.74 Å². The van der Waals surface area contributed by atoms with Crippen LogP contribution in [0.4, 0.5) is 0 Å². The molecule has 0 aromatic heterocycles. The smallest absolute Gasteiger partial charge is 0.0707 e. The fourth-order valence-corrected chi connectivity index (χ4v) is 3.19. The fraction of sp³-hybridized carbons (Fsp3) is 1.00. The number of hydrogen-bond acceptors (Lipinski definition) is 3. The van der Waals surface area contributed by atoms with Crippen molar-refractivity contribution in [1.82, 2.24) is 10.2 Å². The molecular formula is C17H32N2O. The Morgan fingerprint density at radius 3 is 2.25 bits per heavy atom. The standard InChI is InChI=1S/C17H32N2O/c1-17(2,3)18-10-15-8-9-16(20-15)12-19(14-6-7-14)11-13-4-5-13/h13-16,18H,4-12H2,1-3H3. The summed E-state index contributed by atoms with van der Waals surface area (Å²) < 4.78 is 6.26. The van der Waals surface area contributed by atoms with Crippen LogP contribution < -0.4 is 5.32 Å². The lowest BCUT2D eigenvalue weighted by Crippen LogP contribution is -2.41. The van der Waals surface area contributed by atoms with E-state index in [-0.39, 0.29) is 5.54 Å². The molecule has 116 valence electrons. The Bertz CT molecular complexity index is 317. The van der Waals surface area contributed by atoms with E-state index in [9.17, 15) is 0 Å². The van der Waals surface area contributed by atoms with E-state index in [2.05, 4.69) is 31.0 Å². The van der Waals surface area contributed by atoms with Crippen LogP contribution in [-0.2, 0) is 4.74 Å². The van der Waals surface area contributed by atoms with Gasteiger partial charge in [0.2, 0.25) is 0 Å². The maximum atomic E-state index is 6.26. The highest BCUT2D eigenvalue weighted by Crippen LogP contribution is 2.35. The molecule has 3 heteroatoms. The Hall–Kier alpha value is -0.120. The molecule has 0 aromatic carbocycles. The van der Waals surface area contributed by atoms with Crippen LogP contribution in [0.5, 0.6) is 0 Å². The highest BCUT2D eigenvalue weighted by molar-refractivity contribution is 4.91. The van der Waals surface area contributed by atoms with Gasteiger partial charge < -0.3 is 10.1 Å². The summed E-state index contributed by atoms with van der Waals surface area (Å²) in [6, 6.07) is 0.894. The van der Waals surface area contributed by atoms with Gasteiger partial charge in [-0.1, -0.05) is 0 Å². The highest BCUT2D eigenvalue weighted by atomic mass is 16.5. The Labute approximate surface area is 124 Å². The second-order valence-electron chi connectivity index (χ2n) is 8.22. The minimum atomic E-state index is 0.202. The van der Waals surface area contributed by atoms with Gasteiger partial charge in [-0.3, -0.25) is 4.90 Å². The van der Waals surface area contributed by atoms with Gasteiger partial charge in [-0.2, -0.15) is 0 Å². The van der Waals surface area contributed by atoms with Crippen molar-refractivity contribution in [3.05, 3.63) is 0 Å². The number of rotatable bonds is 7. The predicted octanol–water partition coefficient (Wildman–Crippen LogP) is 2.80. The third kappa shape index (κ3) is 4.71. The summed E-state index contributed by atoms with van der Waals surface area (Å²) in [5.41, 5.74) is 0.202. The Balaban J connectivity index is 1.39. The molecule has 0 aromatic rings. The minimum absolute atomic E-state index is 0.202. The molecule has 3 aliphatic rings. The Morgan fingerprint density at radius 2 is 1.65 bits per heavy atom. The molecule has 0 bridgehead atoms. The molecule has 3 fully saturated rings. The molecule has 1 aliphatic heterocycles. The summed E-state index contributed by atoms with van der Waals surface area (Å²) in [7, 11) is 0. The molecule has 1 N–H and O–H groups in total. The van der Waals surface area contributed by atoms with E-state index in [0.717, 1.165) is 18.5 Å². The van der Waals surface area contributed by atoms with Gasteiger partial charge in [-0.25, -0.2) is 0 Å². The lowest BCUT2D eigenvalue weighted by Gasteiger charge is -2.26. The van der Waals surface area contributed by atoms with Crippen LogP contribution in [0, 0.1) is 5.92 Å². The minimum Gasteiger partial charge on any atom is -0.372 e. The number of nitrogens with one attached hydrogen (secondary N) is 1. The van der Waals surface area contributed by atoms with E-state index in [1.165, 1.54) is 51.6 Å². The van der Waals surface area contributed by atoms with Gasteiger partial charge in [-0.05, 0) is 65.2 Å². The summed E-state index contributed by atoms with van der Waals surface area (Å²) in [5, 5.41) is 3.58. The topological polar surface area (TPSA) is 24.5 Å². The highest BCUT2D eigenvalue weighted by Gasteiger charge is 2.36. The van der Waals surface area contributed by atoms with Gasteiger partial charge in [0.25, 0.3) is 0 Å². The van der Waals surface area contributed by atoms with Crippen LogP contribution in [0.2, 0.25) is 0 Å². The molecule has 2 saturated carbocycles. The van der Waals surface area contributed by atoms with Crippen molar-refractivity contribution in [2.24, 2.45) is 5.92 Å². The third-order valence-electron chi connectivity index (χ3n) is 4.75. The maximum Gasteiger partial charge on any atom is 0.0707 e. The van der Waals surface area contributed by atoms with Gasteiger partial charge in [0, 0.05) is 31.2 Å². The van der Waals surface area contributed by atoms with Crippen LogP contribution in [0.25, 0.3) is 0 Å². The number of nitrogens with zero attached hydrogens (tertiary/aromatic N) is 1. The molecule has 1 saturated heterocycles. The van der Waals surface area contributed by atoms with Crippen LogP contribution in [0.1, 0.15) is 59.3 Å².